The monoisotopic (exact) mass is 400 g/mol. The van der Waals surface area contributed by atoms with Crippen molar-refractivity contribution < 1.29 is 4.79 Å². The summed E-state index contributed by atoms with van der Waals surface area (Å²) in [5.74, 6) is -0.211. The minimum atomic E-state index is -0.211. The average Bonchev–Trinajstić information content (AvgIpc) is 2.77. The highest BCUT2D eigenvalue weighted by molar-refractivity contribution is 9.10. The van der Waals surface area contributed by atoms with Crippen LogP contribution >= 0.6 is 28.3 Å². The molecule has 23 heavy (non-hydrogen) atoms. The van der Waals surface area contributed by atoms with Crippen LogP contribution in [0.25, 0.3) is 0 Å². The lowest BCUT2D eigenvalue weighted by atomic mass is 10.1. The van der Waals surface area contributed by atoms with Crippen molar-refractivity contribution in [1.29, 1.82) is 0 Å². The third kappa shape index (κ3) is 4.06. The SMILES string of the molecule is Cc1cc(Br)cc(NC(=O)c2cnn(C(C)(C)C)c2C)c1N.Cl. The molecular weight excluding hydrogens is 380 g/mol. The molecule has 0 bridgehead atoms. The molecule has 0 saturated carbocycles. The van der Waals surface area contributed by atoms with Gasteiger partial charge in [0.15, 0.2) is 0 Å². The van der Waals surface area contributed by atoms with E-state index in [0.29, 0.717) is 16.9 Å². The molecule has 0 aliphatic rings. The second-order valence-electron chi connectivity index (χ2n) is 6.36. The molecule has 0 atom stereocenters. The lowest BCUT2D eigenvalue weighted by molar-refractivity contribution is 0.102. The van der Waals surface area contributed by atoms with Gasteiger partial charge in [0, 0.05) is 10.2 Å². The summed E-state index contributed by atoms with van der Waals surface area (Å²) >= 11 is 3.41. The van der Waals surface area contributed by atoms with E-state index < -0.39 is 0 Å². The Morgan fingerprint density at radius 1 is 1.30 bits per heavy atom. The van der Waals surface area contributed by atoms with Gasteiger partial charge < -0.3 is 11.1 Å². The number of hydrogen-bond acceptors (Lipinski definition) is 3. The highest BCUT2D eigenvalue weighted by atomic mass is 79.9. The Bertz CT molecular complexity index is 734. The van der Waals surface area contributed by atoms with Crippen LogP contribution in [0.2, 0.25) is 0 Å². The number of anilines is 2. The van der Waals surface area contributed by atoms with Crippen LogP contribution in [-0.2, 0) is 5.54 Å². The summed E-state index contributed by atoms with van der Waals surface area (Å²) < 4.78 is 2.72. The summed E-state index contributed by atoms with van der Waals surface area (Å²) in [5.41, 5.74) is 9.31. The Kier molecular flexibility index (Phi) is 5.88. The smallest absolute Gasteiger partial charge is 0.259 e. The molecule has 0 saturated heterocycles. The molecule has 3 N–H and O–H groups in total. The number of nitrogens with one attached hydrogen (secondary N) is 1. The number of nitrogens with zero attached hydrogens (tertiary/aromatic N) is 2. The van der Waals surface area contributed by atoms with E-state index >= 15 is 0 Å². The van der Waals surface area contributed by atoms with Gasteiger partial charge >= 0.3 is 0 Å². The van der Waals surface area contributed by atoms with Gasteiger partial charge in [0.05, 0.1) is 28.7 Å². The Morgan fingerprint density at radius 3 is 2.43 bits per heavy atom. The first-order valence-corrected chi connectivity index (χ1v) is 7.82. The van der Waals surface area contributed by atoms with Crippen molar-refractivity contribution in [3.8, 4) is 0 Å². The number of carbonyl (C=O) groups is 1. The van der Waals surface area contributed by atoms with E-state index in [9.17, 15) is 4.79 Å². The Labute approximate surface area is 151 Å². The van der Waals surface area contributed by atoms with Crippen molar-refractivity contribution >= 4 is 45.6 Å². The standard InChI is InChI=1S/C16H21BrN4O.ClH/c1-9-6-11(17)7-13(14(9)18)20-15(22)12-8-19-21(10(12)2)16(3,4)5;/h6-8H,18H2,1-5H3,(H,20,22);1H. The number of halogens is 2. The Hall–Kier alpha value is -1.53. The van der Waals surface area contributed by atoms with E-state index in [1.807, 2.05) is 45.4 Å². The van der Waals surface area contributed by atoms with Gasteiger partial charge in [-0.1, -0.05) is 15.9 Å². The fraction of sp³-hybridized carbons (Fsp3) is 0.375. The Balaban J connectivity index is 0.00000264. The van der Waals surface area contributed by atoms with Crippen LogP contribution < -0.4 is 11.1 Å². The van der Waals surface area contributed by atoms with Crippen molar-refractivity contribution in [3.05, 3.63) is 39.6 Å². The van der Waals surface area contributed by atoms with E-state index in [2.05, 4.69) is 26.3 Å². The predicted octanol–water partition coefficient (Wildman–Crippen LogP) is 4.27. The van der Waals surface area contributed by atoms with Crippen LogP contribution in [0.15, 0.2) is 22.8 Å². The molecule has 0 unspecified atom stereocenters. The second-order valence-corrected chi connectivity index (χ2v) is 7.28. The minimum absolute atomic E-state index is 0. The van der Waals surface area contributed by atoms with Crippen LogP contribution in [0.5, 0.6) is 0 Å². The first-order chi connectivity index (χ1) is 10.1. The lowest BCUT2D eigenvalue weighted by Crippen LogP contribution is -2.25. The normalized spacial score (nSPS) is 11.0. The highest BCUT2D eigenvalue weighted by Crippen LogP contribution is 2.28. The minimum Gasteiger partial charge on any atom is -0.397 e. The van der Waals surface area contributed by atoms with Crippen molar-refractivity contribution in [2.24, 2.45) is 0 Å². The van der Waals surface area contributed by atoms with Gasteiger partial charge in [-0.05, 0) is 52.3 Å². The zero-order chi connectivity index (χ0) is 16.7. The van der Waals surface area contributed by atoms with Gasteiger partial charge in [-0.15, -0.1) is 12.4 Å². The van der Waals surface area contributed by atoms with Crippen molar-refractivity contribution in [3.63, 3.8) is 0 Å². The first kappa shape index (κ1) is 19.5. The number of aromatic nitrogens is 2. The van der Waals surface area contributed by atoms with Crippen LogP contribution in [0.1, 0.15) is 42.4 Å². The van der Waals surface area contributed by atoms with E-state index in [1.165, 1.54) is 0 Å². The van der Waals surface area contributed by atoms with Crippen LogP contribution in [-0.4, -0.2) is 15.7 Å². The maximum Gasteiger partial charge on any atom is 0.259 e. The molecule has 0 spiro atoms. The molecule has 2 aromatic rings. The molecule has 1 heterocycles. The summed E-state index contributed by atoms with van der Waals surface area (Å²) in [6.45, 7) is 9.93. The molecule has 7 heteroatoms. The molecule has 1 aromatic carbocycles. The van der Waals surface area contributed by atoms with Gasteiger partial charge in [0.2, 0.25) is 0 Å². The second kappa shape index (κ2) is 6.93. The largest absolute Gasteiger partial charge is 0.397 e. The Morgan fingerprint density at radius 2 is 1.91 bits per heavy atom. The quantitative estimate of drug-likeness (QED) is 0.738. The number of carbonyl (C=O) groups excluding carboxylic acids is 1. The number of hydrogen-bond donors (Lipinski definition) is 2. The fourth-order valence-corrected chi connectivity index (χ4v) is 2.93. The summed E-state index contributed by atoms with van der Waals surface area (Å²) in [7, 11) is 0. The molecule has 2 rings (SSSR count). The number of rotatable bonds is 2. The molecule has 5 nitrogen and oxygen atoms in total. The zero-order valence-electron chi connectivity index (χ0n) is 13.9. The average molecular weight is 402 g/mol. The summed E-state index contributed by atoms with van der Waals surface area (Å²) in [4.78, 5) is 12.5. The number of nitrogens with two attached hydrogens (primary N) is 1. The van der Waals surface area contributed by atoms with Crippen LogP contribution in [0, 0.1) is 13.8 Å². The first-order valence-electron chi connectivity index (χ1n) is 7.03. The molecule has 0 radical (unpaired) electrons. The van der Waals surface area contributed by atoms with Crippen molar-refractivity contribution in [1.82, 2.24) is 9.78 Å². The van der Waals surface area contributed by atoms with Gasteiger partial charge in [-0.3, -0.25) is 9.48 Å². The number of nitrogen functional groups attached to an aromatic ring is 1. The summed E-state index contributed by atoms with van der Waals surface area (Å²) in [6.07, 6.45) is 1.59. The van der Waals surface area contributed by atoms with Gasteiger partial charge in [0.25, 0.3) is 5.91 Å². The van der Waals surface area contributed by atoms with Crippen molar-refractivity contribution in [2.45, 2.75) is 40.2 Å². The third-order valence-electron chi connectivity index (χ3n) is 3.49. The highest BCUT2D eigenvalue weighted by Gasteiger charge is 2.22. The van der Waals surface area contributed by atoms with Gasteiger partial charge in [0.1, 0.15) is 0 Å². The van der Waals surface area contributed by atoms with Gasteiger partial charge in [-0.2, -0.15) is 5.10 Å². The van der Waals surface area contributed by atoms with Crippen LogP contribution in [0.4, 0.5) is 11.4 Å². The van der Waals surface area contributed by atoms with Crippen molar-refractivity contribution in [2.75, 3.05) is 11.1 Å². The van der Waals surface area contributed by atoms with E-state index in [0.717, 1.165) is 15.7 Å². The molecule has 126 valence electrons. The molecular formula is C16H22BrClN4O. The lowest BCUT2D eigenvalue weighted by Gasteiger charge is -2.21. The number of aryl methyl sites for hydroxylation is 1. The summed E-state index contributed by atoms with van der Waals surface area (Å²) in [6, 6.07) is 3.71. The van der Waals surface area contributed by atoms with E-state index in [1.54, 1.807) is 12.3 Å². The van der Waals surface area contributed by atoms with Gasteiger partial charge in [-0.25, -0.2) is 0 Å². The third-order valence-corrected chi connectivity index (χ3v) is 3.95. The fourth-order valence-electron chi connectivity index (χ4n) is 2.36. The maximum atomic E-state index is 12.5. The molecule has 0 fully saturated rings. The molecule has 0 aliphatic carbocycles. The van der Waals surface area contributed by atoms with E-state index in [-0.39, 0.29) is 23.9 Å². The number of benzene rings is 1. The predicted molar refractivity (Wildman–Crippen MR) is 100 cm³/mol. The zero-order valence-corrected chi connectivity index (χ0v) is 16.3. The van der Waals surface area contributed by atoms with E-state index in [4.69, 9.17) is 5.73 Å². The molecule has 1 aromatic heterocycles. The molecule has 0 aliphatic heterocycles. The topological polar surface area (TPSA) is 72.9 Å². The molecule has 1 amide bonds. The number of amides is 1. The van der Waals surface area contributed by atoms with Crippen LogP contribution in [0.3, 0.4) is 0 Å². The maximum absolute atomic E-state index is 12.5. The summed E-state index contributed by atoms with van der Waals surface area (Å²) in [5, 5.41) is 7.19.